The van der Waals surface area contributed by atoms with Crippen molar-refractivity contribution in [2.45, 2.75) is 50.2 Å². The second-order valence-electron chi connectivity index (χ2n) is 6.80. The van der Waals surface area contributed by atoms with Gasteiger partial charge in [-0.3, -0.25) is 0 Å². The van der Waals surface area contributed by atoms with Crippen LogP contribution in [0.1, 0.15) is 32.1 Å². The molecule has 2 aliphatic heterocycles. The standard InChI is InChI=1S/C18H28ClN3O/c1-22-15-4-3-5-16(22)12-14(11-15)20-8-9-21-17-10-13(19)6-7-18(17)23-2/h6-7,10,14-16,20-21H,3-5,8-9,11-12H2,1-2H3/t14?,15-,16+. The molecule has 1 aromatic rings. The summed E-state index contributed by atoms with van der Waals surface area (Å²) in [4.78, 5) is 2.61. The minimum Gasteiger partial charge on any atom is -0.495 e. The quantitative estimate of drug-likeness (QED) is 0.780. The molecule has 1 unspecified atom stereocenters. The Morgan fingerprint density at radius 1 is 1.22 bits per heavy atom. The van der Waals surface area contributed by atoms with Gasteiger partial charge in [-0.25, -0.2) is 0 Å². The van der Waals surface area contributed by atoms with E-state index < -0.39 is 0 Å². The average molecular weight is 338 g/mol. The Morgan fingerprint density at radius 2 is 1.96 bits per heavy atom. The Balaban J connectivity index is 1.44. The van der Waals surface area contributed by atoms with Crippen molar-refractivity contribution in [2.75, 3.05) is 32.6 Å². The number of halogens is 1. The van der Waals surface area contributed by atoms with Gasteiger partial charge in [0.2, 0.25) is 0 Å². The van der Waals surface area contributed by atoms with Gasteiger partial charge in [-0.05, 0) is 50.9 Å². The third-order valence-electron chi connectivity index (χ3n) is 5.37. The molecule has 0 aliphatic carbocycles. The van der Waals surface area contributed by atoms with Gasteiger partial charge in [0.25, 0.3) is 0 Å². The lowest BCUT2D eigenvalue weighted by molar-refractivity contribution is 0.0490. The predicted molar refractivity (Wildman–Crippen MR) is 96.7 cm³/mol. The van der Waals surface area contributed by atoms with Gasteiger partial charge < -0.3 is 20.3 Å². The number of hydrogen-bond donors (Lipinski definition) is 2. The Kier molecular flexibility index (Phi) is 5.67. The number of methoxy groups -OCH3 is 1. The summed E-state index contributed by atoms with van der Waals surface area (Å²) >= 11 is 6.06. The van der Waals surface area contributed by atoms with E-state index in [9.17, 15) is 0 Å². The number of hydrogen-bond acceptors (Lipinski definition) is 4. The van der Waals surface area contributed by atoms with Crippen LogP contribution in [0.4, 0.5) is 5.69 Å². The summed E-state index contributed by atoms with van der Waals surface area (Å²) in [5.41, 5.74) is 0.960. The molecule has 1 aromatic carbocycles. The van der Waals surface area contributed by atoms with E-state index in [4.69, 9.17) is 16.3 Å². The molecule has 128 valence electrons. The molecular formula is C18H28ClN3O. The highest BCUT2D eigenvalue weighted by molar-refractivity contribution is 6.30. The maximum absolute atomic E-state index is 6.06. The third-order valence-corrected chi connectivity index (χ3v) is 5.61. The molecule has 2 bridgehead atoms. The third kappa shape index (κ3) is 4.11. The monoisotopic (exact) mass is 337 g/mol. The zero-order valence-electron chi connectivity index (χ0n) is 14.1. The maximum Gasteiger partial charge on any atom is 0.142 e. The Morgan fingerprint density at radius 3 is 2.65 bits per heavy atom. The fraction of sp³-hybridized carbons (Fsp3) is 0.667. The van der Waals surface area contributed by atoms with Gasteiger partial charge in [-0.15, -0.1) is 0 Å². The molecule has 0 saturated carbocycles. The van der Waals surface area contributed by atoms with E-state index in [1.165, 1.54) is 32.1 Å². The van der Waals surface area contributed by atoms with E-state index in [0.717, 1.165) is 41.6 Å². The Labute approximate surface area is 144 Å². The fourth-order valence-electron chi connectivity index (χ4n) is 4.07. The van der Waals surface area contributed by atoms with Crippen LogP contribution >= 0.6 is 11.6 Å². The largest absolute Gasteiger partial charge is 0.495 e. The summed E-state index contributed by atoms with van der Waals surface area (Å²) in [6.45, 7) is 1.84. The SMILES string of the molecule is COc1ccc(Cl)cc1NCCNC1C[C@H]2CCC[C@@H](C1)N2C. The summed E-state index contributed by atoms with van der Waals surface area (Å²) in [6.07, 6.45) is 6.70. The highest BCUT2D eigenvalue weighted by Gasteiger charge is 2.35. The number of rotatable bonds is 6. The van der Waals surface area contributed by atoms with E-state index in [1.54, 1.807) is 7.11 Å². The first kappa shape index (κ1) is 16.9. The molecule has 2 aliphatic rings. The summed E-state index contributed by atoms with van der Waals surface area (Å²) in [7, 11) is 3.99. The lowest BCUT2D eigenvalue weighted by Crippen LogP contribution is -2.54. The number of fused-ring (bicyclic) bond motifs is 2. The van der Waals surface area contributed by atoms with Crippen LogP contribution in [-0.4, -0.2) is 50.3 Å². The zero-order chi connectivity index (χ0) is 16.2. The number of piperidine rings is 2. The first-order valence-corrected chi connectivity index (χ1v) is 9.08. The molecule has 5 heteroatoms. The highest BCUT2D eigenvalue weighted by Crippen LogP contribution is 2.32. The molecule has 0 radical (unpaired) electrons. The molecular weight excluding hydrogens is 310 g/mol. The molecule has 3 atom stereocenters. The Bertz CT molecular complexity index is 511. The molecule has 2 fully saturated rings. The van der Waals surface area contributed by atoms with Crippen molar-refractivity contribution >= 4 is 17.3 Å². The van der Waals surface area contributed by atoms with E-state index in [0.29, 0.717) is 6.04 Å². The van der Waals surface area contributed by atoms with E-state index in [2.05, 4.69) is 22.6 Å². The van der Waals surface area contributed by atoms with E-state index in [1.807, 2.05) is 18.2 Å². The molecule has 0 amide bonds. The van der Waals surface area contributed by atoms with E-state index >= 15 is 0 Å². The first-order valence-electron chi connectivity index (χ1n) is 8.70. The van der Waals surface area contributed by atoms with Gasteiger partial charge in [-0.2, -0.15) is 0 Å². The normalized spacial score (nSPS) is 27.7. The molecule has 0 aromatic heterocycles. The first-order chi connectivity index (χ1) is 11.2. The number of ether oxygens (including phenoxy) is 1. The van der Waals surface area contributed by atoms with Crippen molar-refractivity contribution in [3.05, 3.63) is 23.2 Å². The minimum absolute atomic E-state index is 0.657. The van der Waals surface area contributed by atoms with Gasteiger partial charge in [0.15, 0.2) is 0 Å². The van der Waals surface area contributed by atoms with Crippen LogP contribution in [0, 0.1) is 0 Å². The molecule has 23 heavy (non-hydrogen) atoms. The molecule has 2 saturated heterocycles. The predicted octanol–water partition coefficient (Wildman–Crippen LogP) is 3.37. The van der Waals surface area contributed by atoms with Gasteiger partial charge in [-0.1, -0.05) is 18.0 Å². The van der Waals surface area contributed by atoms with Crippen molar-refractivity contribution in [2.24, 2.45) is 0 Å². The molecule has 2 N–H and O–H groups in total. The summed E-state index contributed by atoms with van der Waals surface area (Å²) < 4.78 is 5.36. The van der Waals surface area contributed by atoms with Gasteiger partial charge in [0.1, 0.15) is 5.75 Å². The zero-order valence-corrected chi connectivity index (χ0v) is 14.9. The highest BCUT2D eigenvalue weighted by atomic mass is 35.5. The second-order valence-corrected chi connectivity index (χ2v) is 7.23. The van der Waals surface area contributed by atoms with Crippen molar-refractivity contribution in [1.29, 1.82) is 0 Å². The number of benzene rings is 1. The molecule has 3 rings (SSSR count). The summed E-state index contributed by atoms with van der Waals surface area (Å²) in [5.74, 6) is 0.836. The van der Waals surface area contributed by atoms with Crippen LogP contribution in [0.2, 0.25) is 5.02 Å². The van der Waals surface area contributed by atoms with Crippen LogP contribution in [0.5, 0.6) is 5.75 Å². The molecule has 0 spiro atoms. The van der Waals surface area contributed by atoms with Crippen molar-refractivity contribution in [1.82, 2.24) is 10.2 Å². The minimum atomic E-state index is 0.657. The number of nitrogens with one attached hydrogen (secondary N) is 2. The molecule has 4 nitrogen and oxygen atoms in total. The topological polar surface area (TPSA) is 36.5 Å². The van der Waals surface area contributed by atoms with Crippen LogP contribution < -0.4 is 15.4 Å². The Hall–Kier alpha value is -0.970. The van der Waals surface area contributed by atoms with Gasteiger partial charge >= 0.3 is 0 Å². The van der Waals surface area contributed by atoms with Crippen molar-refractivity contribution < 1.29 is 4.74 Å². The van der Waals surface area contributed by atoms with Crippen molar-refractivity contribution in [3.8, 4) is 5.75 Å². The van der Waals surface area contributed by atoms with Crippen LogP contribution in [-0.2, 0) is 0 Å². The number of nitrogens with zero attached hydrogens (tertiary/aromatic N) is 1. The van der Waals surface area contributed by atoms with Crippen LogP contribution in [0.25, 0.3) is 0 Å². The van der Waals surface area contributed by atoms with Gasteiger partial charge in [0, 0.05) is 36.2 Å². The summed E-state index contributed by atoms with van der Waals surface area (Å²) in [5, 5.41) is 7.88. The number of anilines is 1. The molecule has 2 heterocycles. The average Bonchev–Trinajstić information content (AvgIpc) is 2.52. The smallest absolute Gasteiger partial charge is 0.142 e. The second kappa shape index (κ2) is 7.73. The maximum atomic E-state index is 6.06. The van der Waals surface area contributed by atoms with Crippen LogP contribution in [0.3, 0.4) is 0 Å². The van der Waals surface area contributed by atoms with Gasteiger partial charge in [0.05, 0.1) is 12.8 Å². The fourth-order valence-corrected chi connectivity index (χ4v) is 4.25. The lowest BCUT2D eigenvalue weighted by atomic mass is 9.82. The van der Waals surface area contributed by atoms with E-state index in [-0.39, 0.29) is 0 Å². The van der Waals surface area contributed by atoms with Crippen LogP contribution in [0.15, 0.2) is 18.2 Å². The summed E-state index contributed by atoms with van der Waals surface area (Å²) in [6, 6.07) is 7.88. The van der Waals surface area contributed by atoms with Crippen molar-refractivity contribution in [3.63, 3.8) is 0 Å². The lowest BCUT2D eigenvalue weighted by Gasteiger charge is -2.47.